The summed E-state index contributed by atoms with van der Waals surface area (Å²) in [6.45, 7) is 2.29. The molecule has 1 aromatic carbocycles. The molecule has 0 N–H and O–H groups in total. The maximum absolute atomic E-state index is 12.2. The third-order valence-electron chi connectivity index (χ3n) is 3.27. The number of fused-ring (bicyclic) bond motifs is 1. The van der Waals surface area contributed by atoms with Gasteiger partial charge in [-0.15, -0.1) is 0 Å². The lowest BCUT2D eigenvalue weighted by molar-refractivity contribution is 0.121. The van der Waals surface area contributed by atoms with Crippen molar-refractivity contribution in [2.45, 2.75) is 0 Å². The summed E-state index contributed by atoms with van der Waals surface area (Å²) in [5.74, 6) is 0.387. The van der Waals surface area contributed by atoms with E-state index in [1.54, 1.807) is 12.1 Å². The van der Waals surface area contributed by atoms with Crippen molar-refractivity contribution in [3.05, 3.63) is 34.5 Å². The minimum atomic E-state index is -3.71. The second-order valence-corrected chi connectivity index (χ2v) is 6.54. The van der Waals surface area contributed by atoms with Crippen LogP contribution in [-0.2, 0) is 14.9 Å². The Labute approximate surface area is 127 Å². The van der Waals surface area contributed by atoms with Gasteiger partial charge in [0, 0.05) is 19.2 Å². The Kier molecular flexibility index (Phi) is 3.79. The smallest absolute Gasteiger partial charge is 0.306 e. The van der Waals surface area contributed by atoms with Crippen LogP contribution in [0.5, 0.6) is 5.75 Å². The first-order valence-corrected chi connectivity index (χ1v) is 8.55. The molecule has 118 valence electrons. The lowest BCUT2D eigenvalue weighted by Crippen LogP contribution is -2.36. The van der Waals surface area contributed by atoms with Crippen LogP contribution in [0.15, 0.2) is 33.5 Å². The molecule has 3 rings (SSSR count). The van der Waals surface area contributed by atoms with E-state index >= 15 is 0 Å². The first-order valence-electron chi connectivity index (χ1n) is 6.73. The SMILES string of the molecule is CS(=O)(=O)Oc1cccc2c(=O)cc(N3CCOCC3)oc12. The van der Waals surface area contributed by atoms with Gasteiger partial charge < -0.3 is 18.2 Å². The molecule has 8 heteroatoms. The molecule has 1 aliphatic rings. The number of anilines is 1. The van der Waals surface area contributed by atoms with Crippen LogP contribution in [-0.4, -0.2) is 41.0 Å². The third kappa shape index (κ3) is 3.07. The zero-order valence-corrected chi connectivity index (χ0v) is 12.8. The highest BCUT2D eigenvalue weighted by atomic mass is 32.2. The van der Waals surface area contributed by atoms with E-state index in [2.05, 4.69) is 0 Å². The number of morpholine rings is 1. The lowest BCUT2D eigenvalue weighted by Gasteiger charge is -2.27. The molecule has 7 nitrogen and oxygen atoms in total. The lowest BCUT2D eigenvalue weighted by atomic mass is 10.2. The molecule has 2 heterocycles. The van der Waals surface area contributed by atoms with Gasteiger partial charge in [-0.3, -0.25) is 4.79 Å². The van der Waals surface area contributed by atoms with Gasteiger partial charge in [-0.1, -0.05) is 6.07 Å². The van der Waals surface area contributed by atoms with Gasteiger partial charge in [-0.25, -0.2) is 0 Å². The highest BCUT2D eigenvalue weighted by Gasteiger charge is 2.18. The van der Waals surface area contributed by atoms with Gasteiger partial charge in [-0.05, 0) is 12.1 Å². The molecular formula is C14H15NO6S. The predicted octanol–water partition coefficient (Wildman–Crippen LogP) is 0.968. The second kappa shape index (κ2) is 5.62. The van der Waals surface area contributed by atoms with Gasteiger partial charge in [0.15, 0.2) is 22.6 Å². The summed E-state index contributed by atoms with van der Waals surface area (Å²) in [6.07, 6.45) is 0.940. The first-order chi connectivity index (χ1) is 10.4. The number of hydrogen-bond donors (Lipinski definition) is 0. The van der Waals surface area contributed by atoms with Gasteiger partial charge in [-0.2, -0.15) is 8.42 Å². The van der Waals surface area contributed by atoms with Crippen LogP contribution >= 0.6 is 0 Å². The van der Waals surface area contributed by atoms with E-state index in [0.717, 1.165) is 6.26 Å². The van der Waals surface area contributed by atoms with E-state index < -0.39 is 10.1 Å². The van der Waals surface area contributed by atoms with Crippen molar-refractivity contribution in [3.8, 4) is 5.75 Å². The molecule has 0 atom stereocenters. The van der Waals surface area contributed by atoms with Crippen molar-refractivity contribution < 1.29 is 21.8 Å². The number of ether oxygens (including phenoxy) is 1. The summed E-state index contributed by atoms with van der Waals surface area (Å²) < 4.78 is 38.6. The van der Waals surface area contributed by atoms with E-state index in [0.29, 0.717) is 32.2 Å². The van der Waals surface area contributed by atoms with Crippen molar-refractivity contribution in [2.75, 3.05) is 37.5 Å². The zero-order chi connectivity index (χ0) is 15.7. The van der Waals surface area contributed by atoms with Gasteiger partial charge in [0.1, 0.15) is 0 Å². The van der Waals surface area contributed by atoms with Crippen LogP contribution in [0.1, 0.15) is 0 Å². The van der Waals surface area contributed by atoms with Crippen LogP contribution in [0.25, 0.3) is 11.0 Å². The Balaban J connectivity index is 2.13. The molecule has 1 aromatic heterocycles. The van der Waals surface area contributed by atoms with E-state index in [1.165, 1.54) is 12.1 Å². The van der Waals surface area contributed by atoms with Crippen LogP contribution in [0.3, 0.4) is 0 Å². The molecule has 0 amide bonds. The number of rotatable bonds is 3. The van der Waals surface area contributed by atoms with Crippen molar-refractivity contribution >= 4 is 27.0 Å². The van der Waals surface area contributed by atoms with Crippen LogP contribution < -0.4 is 14.5 Å². The van der Waals surface area contributed by atoms with Crippen LogP contribution in [0.2, 0.25) is 0 Å². The molecule has 1 aliphatic heterocycles. The summed E-state index contributed by atoms with van der Waals surface area (Å²) in [5, 5.41) is 0.276. The van der Waals surface area contributed by atoms with E-state index in [-0.39, 0.29) is 22.1 Å². The number of benzene rings is 1. The number of nitrogens with zero attached hydrogens (tertiary/aromatic N) is 1. The zero-order valence-electron chi connectivity index (χ0n) is 11.9. The molecule has 0 saturated carbocycles. The highest BCUT2D eigenvalue weighted by Crippen LogP contribution is 2.28. The molecule has 0 bridgehead atoms. The summed E-state index contributed by atoms with van der Waals surface area (Å²) in [6, 6.07) is 5.97. The molecule has 0 unspecified atom stereocenters. The Bertz CT molecular complexity index is 851. The molecule has 2 aromatic rings. The van der Waals surface area contributed by atoms with Crippen LogP contribution in [0.4, 0.5) is 5.88 Å². The Morgan fingerprint density at radius 1 is 1.23 bits per heavy atom. The largest absolute Gasteiger partial charge is 0.436 e. The van der Waals surface area contributed by atoms with Gasteiger partial charge >= 0.3 is 10.1 Å². The summed E-state index contributed by atoms with van der Waals surface area (Å²) >= 11 is 0. The van der Waals surface area contributed by atoms with Crippen molar-refractivity contribution in [1.29, 1.82) is 0 Å². The van der Waals surface area contributed by atoms with Crippen molar-refractivity contribution in [1.82, 2.24) is 0 Å². The average Bonchev–Trinajstić information content (AvgIpc) is 2.47. The monoisotopic (exact) mass is 325 g/mol. The molecule has 0 aliphatic carbocycles. The fourth-order valence-electron chi connectivity index (χ4n) is 2.31. The quantitative estimate of drug-likeness (QED) is 0.777. The van der Waals surface area contributed by atoms with E-state index in [9.17, 15) is 13.2 Å². The minimum Gasteiger partial charge on any atom is -0.436 e. The van der Waals surface area contributed by atoms with Gasteiger partial charge in [0.05, 0.1) is 24.9 Å². The van der Waals surface area contributed by atoms with Gasteiger partial charge in [0.25, 0.3) is 0 Å². The molecule has 0 radical (unpaired) electrons. The van der Waals surface area contributed by atoms with Gasteiger partial charge in [0.2, 0.25) is 0 Å². The first kappa shape index (κ1) is 14.9. The average molecular weight is 325 g/mol. The molecule has 0 spiro atoms. The fourth-order valence-corrected chi connectivity index (χ4v) is 2.76. The maximum Gasteiger partial charge on any atom is 0.306 e. The molecule has 1 saturated heterocycles. The van der Waals surface area contributed by atoms with Crippen molar-refractivity contribution in [2.24, 2.45) is 0 Å². The highest BCUT2D eigenvalue weighted by molar-refractivity contribution is 7.86. The number of hydrogen-bond acceptors (Lipinski definition) is 7. The van der Waals surface area contributed by atoms with E-state index in [1.807, 2.05) is 4.90 Å². The van der Waals surface area contributed by atoms with Crippen molar-refractivity contribution in [3.63, 3.8) is 0 Å². The Hall–Kier alpha value is -2.06. The molecular weight excluding hydrogens is 310 g/mol. The minimum absolute atomic E-state index is 0.00668. The summed E-state index contributed by atoms with van der Waals surface area (Å²) in [5.41, 5.74) is -0.122. The summed E-state index contributed by atoms with van der Waals surface area (Å²) in [7, 11) is -3.71. The Morgan fingerprint density at radius 3 is 2.64 bits per heavy atom. The fraction of sp³-hybridized carbons (Fsp3) is 0.357. The topological polar surface area (TPSA) is 86.1 Å². The third-order valence-corrected chi connectivity index (χ3v) is 3.75. The molecule has 1 fully saturated rings. The normalized spacial score (nSPS) is 16.0. The second-order valence-electron chi connectivity index (χ2n) is 4.97. The van der Waals surface area contributed by atoms with Crippen LogP contribution in [0, 0.1) is 0 Å². The molecule has 22 heavy (non-hydrogen) atoms. The number of para-hydroxylation sites is 1. The summed E-state index contributed by atoms with van der Waals surface area (Å²) in [4.78, 5) is 14.1. The Morgan fingerprint density at radius 2 is 1.95 bits per heavy atom. The van der Waals surface area contributed by atoms with E-state index in [4.69, 9.17) is 13.3 Å². The maximum atomic E-state index is 12.2. The predicted molar refractivity (Wildman–Crippen MR) is 81.0 cm³/mol. The standard InChI is InChI=1S/C14H15NO6S/c1-22(17,18)21-12-4-2-3-10-11(16)9-13(20-14(10)12)15-5-7-19-8-6-15/h2-4,9H,5-8H2,1H3.